The molecule has 4 nitrogen and oxygen atoms in total. The van der Waals surface area contributed by atoms with Gasteiger partial charge in [-0.1, -0.05) is 12.1 Å². The SMILES string of the molecule is N#Cc1ccc(C(O)CNC2CCOCC2)cc1. The van der Waals surface area contributed by atoms with Gasteiger partial charge in [-0.25, -0.2) is 0 Å². The molecule has 4 heteroatoms. The lowest BCUT2D eigenvalue weighted by Gasteiger charge is -2.24. The van der Waals surface area contributed by atoms with E-state index in [2.05, 4.69) is 11.4 Å². The fourth-order valence-electron chi connectivity index (χ4n) is 2.08. The lowest BCUT2D eigenvalue weighted by Crippen LogP contribution is -2.37. The normalized spacial score (nSPS) is 18.2. The summed E-state index contributed by atoms with van der Waals surface area (Å²) in [5, 5.41) is 22.1. The first-order valence-corrected chi connectivity index (χ1v) is 6.29. The van der Waals surface area contributed by atoms with Gasteiger partial charge in [-0.2, -0.15) is 5.26 Å². The Morgan fingerprint density at radius 1 is 1.33 bits per heavy atom. The number of ether oxygens (including phenoxy) is 1. The first-order valence-electron chi connectivity index (χ1n) is 6.29. The van der Waals surface area contributed by atoms with E-state index in [-0.39, 0.29) is 0 Å². The number of nitrogens with one attached hydrogen (secondary N) is 1. The smallest absolute Gasteiger partial charge is 0.0991 e. The molecule has 0 amide bonds. The molecule has 1 aliphatic heterocycles. The third kappa shape index (κ3) is 3.54. The molecule has 0 radical (unpaired) electrons. The van der Waals surface area contributed by atoms with Crippen molar-refractivity contribution in [3.63, 3.8) is 0 Å². The van der Waals surface area contributed by atoms with E-state index in [9.17, 15) is 5.11 Å². The van der Waals surface area contributed by atoms with Crippen molar-refractivity contribution in [1.29, 1.82) is 5.26 Å². The average molecular weight is 246 g/mol. The summed E-state index contributed by atoms with van der Waals surface area (Å²) in [5.41, 5.74) is 1.46. The number of nitriles is 1. The molecule has 0 spiro atoms. The van der Waals surface area contributed by atoms with Gasteiger partial charge in [0.15, 0.2) is 0 Å². The summed E-state index contributed by atoms with van der Waals surface area (Å²) in [5.74, 6) is 0. The number of hydrogen-bond donors (Lipinski definition) is 2. The number of aliphatic hydroxyl groups excluding tert-OH is 1. The minimum absolute atomic E-state index is 0.437. The van der Waals surface area contributed by atoms with E-state index < -0.39 is 6.10 Å². The number of hydrogen-bond acceptors (Lipinski definition) is 4. The van der Waals surface area contributed by atoms with Crippen molar-refractivity contribution in [1.82, 2.24) is 5.32 Å². The first-order chi connectivity index (χ1) is 8.79. The van der Waals surface area contributed by atoms with Crippen LogP contribution in [-0.2, 0) is 4.74 Å². The molecular formula is C14H18N2O2. The Morgan fingerprint density at radius 3 is 2.61 bits per heavy atom. The molecule has 0 bridgehead atoms. The fourth-order valence-corrected chi connectivity index (χ4v) is 2.08. The van der Waals surface area contributed by atoms with Crippen molar-refractivity contribution in [3.05, 3.63) is 35.4 Å². The van der Waals surface area contributed by atoms with Gasteiger partial charge in [-0.05, 0) is 30.5 Å². The van der Waals surface area contributed by atoms with Gasteiger partial charge in [0, 0.05) is 25.8 Å². The molecule has 1 aliphatic rings. The largest absolute Gasteiger partial charge is 0.387 e. The Kier molecular flexibility index (Phi) is 4.71. The highest BCUT2D eigenvalue weighted by Gasteiger charge is 2.15. The molecular weight excluding hydrogens is 228 g/mol. The lowest BCUT2D eigenvalue weighted by atomic mass is 10.1. The van der Waals surface area contributed by atoms with Gasteiger partial charge in [-0.15, -0.1) is 0 Å². The monoisotopic (exact) mass is 246 g/mol. The highest BCUT2D eigenvalue weighted by atomic mass is 16.5. The van der Waals surface area contributed by atoms with Crippen LogP contribution in [0.25, 0.3) is 0 Å². The van der Waals surface area contributed by atoms with Crippen LogP contribution < -0.4 is 5.32 Å². The molecule has 1 aromatic carbocycles. The Balaban J connectivity index is 1.83. The summed E-state index contributed by atoms with van der Waals surface area (Å²) in [6.45, 7) is 2.13. The Labute approximate surface area is 107 Å². The summed E-state index contributed by atoms with van der Waals surface area (Å²) < 4.78 is 5.28. The second kappa shape index (κ2) is 6.50. The fraction of sp³-hybridized carbons (Fsp3) is 0.500. The Morgan fingerprint density at radius 2 is 2.00 bits per heavy atom. The van der Waals surface area contributed by atoms with Gasteiger partial charge in [0.2, 0.25) is 0 Å². The van der Waals surface area contributed by atoms with E-state index in [1.807, 2.05) is 0 Å². The number of benzene rings is 1. The van der Waals surface area contributed by atoms with Crippen LogP contribution in [0.3, 0.4) is 0 Å². The van der Waals surface area contributed by atoms with E-state index in [0.717, 1.165) is 31.6 Å². The van der Waals surface area contributed by atoms with E-state index in [0.29, 0.717) is 18.2 Å². The van der Waals surface area contributed by atoms with Crippen LogP contribution in [-0.4, -0.2) is 30.9 Å². The molecule has 0 aliphatic carbocycles. The zero-order valence-electron chi connectivity index (χ0n) is 10.3. The molecule has 2 rings (SSSR count). The van der Waals surface area contributed by atoms with Crippen LogP contribution in [0.4, 0.5) is 0 Å². The lowest BCUT2D eigenvalue weighted by molar-refractivity contribution is 0.0724. The maximum Gasteiger partial charge on any atom is 0.0991 e. The summed E-state index contributed by atoms with van der Waals surface area (Å²) in [6.07, 6.45) is 1.47. The quantitative estimate of drug-likeness (QED) is 0.842. The van der Waals surface area contributed by atoms with Crippen LogP contribution in [0.5, 0.6) is 0 Å². The predicted octanol–water partition coefficient (Wildman–Crippen LogP) is 1.36. The van der Waals surface area contributed by atoms with Crippen molar-refractivity contribution in [2.24, 2.45) is 0 Å². The summed E-state index contributed by atoms with van der Waals surface area (Å²) in [6, 6.07) is 9.56. The Hall–Kier alpha value is -1.41. The summed E-state index contributed by atoms with van der Waals surface area (Å²) >= 11 is 0. The van der Waals surface area contributed by atoms with Crippen molar-refractivity contribution >= 4 is 0 Å². The molecule has 1 aromatic rings. The van der Waals surface area contributed by atoms with E-state index in [1.165, 1.54) is 0 Å². The van der Waals surface area contributed by atoms with Crippen LogP contribution in [0.15, 0.2) is 24.3 Å². The highest BCUT2D eigenvalue weighted by Crippen LogP contribution is 2.14. The second-order valence-corrected chi connectivity index (χ2v) is 4.54. The second-order valence-electron chi connectivity index (χ2n) is 4.54. The van der Waals surface area contributed by atoms with Crippen LogP contribution in [0, 0.1) is 11.3 Å². The zero-order chi connectivity index (χ0) is 12.8. The first kappa shape index (κ1) is 13.0. The molecule has 1 fully saturated rings. The summed E-state index contributed by atoms with van der Waals surface area (Å²) in [4.78, 5) is 0. The van der Waals surface area contributed by atoms with Gasteiger partial charge in [0.25, 0.3) is 0 Å². The third-order valence-corrected chi connectivity index (χ3v) is 3.25. The molecule has 0 saturated carbocycles. The van der Waals surface area contributed by atoms with Gasteiger partial charge < -0.3 is 15.2 Å². The molecule has 18 heavy (non-hydrogen) atoms. The van der Waals surface area contributed by atoms with Gasteiger partial charge >= 0.3 is 0 Å². The maximum atomic E-state index is 10.0. The number of nitrogens with zero attached hydrogens (tertiary/aromatic N) is 1. The molecule has 1 atom stereocenters. The number of aliphatic hydroxyl groups is 1. The molecule has 96 valence electrons. The van der Waals surface area contributed by atoms with Crippen molar-refractivity contribution < 1.29 is 9.84 Å². The zero-order valence-corrected chi connectivity index (χ0v) is 10.3. The van der Waals surface area contributed by atoms with Crippen molar-refractivity contribution in [2.75, 3.05) is 19.8 Å². The Bertz CT molecular complexity index is 405. The standard InChI is InChI=1S/C14H18N2O2/c15-9-11-1-3-12(4-2-11)14(17)10-16-13-5-7-18-8-6-13/h1-4,13-14,16-17H,5-8,10H2. The van der Waals surface area contributed by atoms with Crippen molar-refractivity contribution in [3.8, 4) is 6.07 Å². The minimum Gasteiger partial charge on any atom is -0.387 e. The van der Waals surface area contributed by atoms with Crippen LogP contribution in [0.2, 0.25) is 0 Å². The third-order valence-electron chi connectivity index (χ3n) is 3.25. The molecule has 1 unspecified atom stereocenters. The maximum absolute atomic E-state index is 10.0. The molecule has 2 N–H and O–H groups in total. The molecule has 0 aromatic heterocycles. The summed E-state index contributed by atoms with van der Waals surface area (Å²) in [7, 11) is 0. The van der Waals surface area contributed by atoms with E-state index >= 15 is 0 Å². The van der Waals surface area contributed by atoms with Crippen LogP contribution >= 0.6 is 0 Å². The van der Waals surface area contributed by atoms with E-state index in [1.54, 1.807) is 24.3 Å². The predicted molar refractivity (Wildman–Crippen MR) is 68.0 cm³/mol. The van der Waals surface area contributed by atoms with Crippen molar-refractivity contribution in [2.45, 2.75) is 25.0 Å². The van der Waals surface area contributed by atoms with E-state index in [4.69, 9.17) is 10.00 Å². The average Bonchev–Trinajstić information content (AvgIpc) is 2.46. The number of rotatable bonds is 4. The van der Waals surface area contributed by atoms with Gasteiger partial charge in [-0.3, -0.25) is 0 Å². The van der Waals surface area contributed by atoms with Gasteiger partial charge in [0.05, 0.1) is 17.7 Å². The topological polar surface area (TPSA) is 65.3 Å². The van der Waals surface area contributed by atoms with Crippen LogP contribution in [0.1, 0.15) is 30.1 Å². The van der Waals surface area contributed by atoms with Gasteiger partial charge in [0.1, 0.15) is 0 Å². The minimum atomic E-state index is -0.527. The molecule has 1 saturated heterocycles. The highest BCUT2D eigenvalue weighted by molar-refractivity contribution is 5.32. The molecule has 1 heterocycles.